The highest BCUT2D eigenvalue weighted by atomic mass is 32.1. The Balaban J connectivity index is 1.66. The van der Waals surface area contributed by atoms with Crippen molar-refractivity contribution in [2.75, 3.05) is 6.61 Å². The van der Waals surface area contributed by atoms with Crippen molar-refractivity contribution in [3.05, 3.63) is 38.9 Å². The first-order chi connectivity index (χ1) is 11.5. The molecule has 0 bridgehead atoms. The molecule has 0 aliphatic carbocycles. The third-order valence-electron chi connectivity index (χ3n) is 4.32. The summed E-state index contributed by atoms with van der Waals surface area (Å²) >= 11 is 4.97. The van der Waals surface area contributed by atoms with Gasteiger partial charge in [-0.15, -0.1) is 0 Å². The number of hydrogen-bond acceptors (Lipinski definition) is 4. The lowest BCUT2D eigenvalue weighted by molar-refractivity contribution is 0.0899. The van der Waals surface area contributed by atoms with Crippen molar-refractivity contribution < 1.29 is 9.53 Å². The minimum Gasteiger partial charge on any atom is -0.378 e. The maximum atomic E-state index is 12.4. The van der Waals surface area contributed by atoms with Gasteiger partial charge in [-0.1, -0.05) is 0 Å². The lowest BCUT2D eigenvalue weighted by Crippen LogP contribution is -2.33. The van der Waals surface area contributed by atoms with Gasteiger partial charge in [0.15, 0.2) is 4.77 Å². The molecule has 1 saturated heterocycles. The molecular weight excluding hydrogens is 326 g/mol. The summed E-state index contributed by atoms with van der Waals surface area (Å²) in [7, 11) is 0. The van der Waals surface area contributed by atoms with Crippen molar-refractivity contribution in [1.29, 1.82) is 0 Å². The van der Waals surface area contributed by atoms with Crippen LogP contribution in [-0.2, 0) is 4.74 Å². The largest absolute Gasteiger partial charge is 0.378 e. The number of nitrogens with one attached hydrogen (secondary N) is 3. The van der Waals surface area contributed by atoms with Gasteiger partial charge in [-0.3, -0.25) is 14.6 Å². The highest BCUT2D eigenvalue weighted by Crippen LogP contribution is 2.18. The zero-order chi connectivity index (χ0) is 17.1. The lowest BCUT2D eigenvalue weighted by atomic mass is 10.1. The Morgan fingerprint density at radius 3 is 3.04 bits per heavy atom. The number of carbonyl (C=O) groups is 1. The first-order valence-corrected chi connectivity index (χ1v) is 8.62. The minimum atomic E-state index is -0.259. The number of aromatic nitrogens is 2. The van der Waals surface area contributed by atoms with Gasteiger partial charge < -0.3 is 15.0 Å². The molecular formula is C17H21N3O3S. The second-order valence-electron chi connectivity index (χ2n) is 6.26. The van der Waals surface area contributed by atoms with E-state index in [0.717, 1.165) is 32.3 Å². The molecule has 0 unspecified atom stereocenters. The van der Waals surface area contributed by atoms with Gasteiger partial charge in [0.05, 0.1) is 17.0 Å². The Morgan fingerprint density at radius 1 is 1.46 bits per heavy atom. The maximum absolute atomic E-state index is 12.4. The molecule has 2 heterocycles. The van der Waals surface area contributed by atoms with Crippen molar-refractivity contribution in [2.24, 2.45) is 0 Å². The molecule has 0 spiro atoms. The summed E-state index contributed by atoms with van der Waals surface area (Å²) in [5, 5.41) is 3.47. The second kappa shape index (κ2) is 7.27. The number of H-pyrrole nitrogens is 2. The predicted molar refractivity (Wildman–Crippen MR) is 94.9 cm³/mol. The number of carbonyl (C=O) groups excluding carboxylic acids is 1. The summed E-state index contributed by atoms with van der Waals surface area (Å²) in [5.41, 5.74) is 0.803. The van der Waals surface area contributed by atoms with E-state index in [1.54, 1.807) is 18.2 Å². The van der Waals surface area contributed by atoms with Crippen LogP contribution in [0.2, 0.25) is 0 Å². The number of fused-ring (bicyclic) bond motifs is 1. The Hall–Kier alpha value is -1.99. The van der Waals surface area contributed by atoms with Gasteiger partial charge in [0.25, 0.3) is 11.5 Å². The third kappa shape index (κ3) is 3.91. The summed E-state index contributed by atoms with van der Waals surface area (Å²) in [4.78, 5) is 29.6. The van der Waals surface area contributed by atoms with Gasteiger partial charge >= 0.3 is 0 Å². The van der Waals surface area contributed by atoms with Crippen LogP contribution < -0.4 is 10.9 Å². The van der Waals surface area contributed by atoms with Crippen LogP contribution in [0.25, 0.3) is 10.9 Å². The molecule has 24 heavy (non-hydrogen) atoms. The molecule has 2 aromatic rings. The highest BCUT2D eigenvalue weighted by molar-refractivity contribution is 7.71. The van der Waals surface area contributed by atoms with Crippen LogP contribution in [-0.4, -0.2) is 34.6 Å². The molecule has 3 N–H and O–H groups in total. The minimum absolute atomic E-state index is 0.0649. The molecule has 3 rings (SSSR count). The van der Waals surface area contributed by atoms with E-state index in [9.17, 15) is 9.59 Å². The second-order valence-corrected chi connectivity index (χ2v) is 6.66. The fraction of sp³-hybridized carbons (Fsp3) is 0.471. The quantitative estimate of drug-likeness (QED) is 0.726. The van der Waals surface area contributed by atoms with Gasteiger partial charge in [-0.05, 0) is 63.0 Å². The first kappa shape index (κ1) is 16.9. The van der Waals surface area contributed by atoms with E-state index in [4.69, 9.17) is 17.0 Å². The monoisotopic (exact) mass is 347 g/mol. The molecule has 1 fully saturated rings. The van der Waals surface area contributed by atoms with Crippen molar-refractivity contribution in [2.45, 2.75) is 44.8 Å². The molecule has 0 radical (unpaired) electrons. The van der Waals surface area contributed by atoms with Crippen molar-refractivity contribution in [1.82, 2.24) is 15.3 Å². The number of ether oxygens (including phenoxy) is 1. The average molecular weight is 347 g/mol. The number of amides is 1. The molecule has 1 aromatic heterocycles. The van der Waals surface area contributed by atoms with Gasteiger partial charge in [-0.2, -0.15) is 0 Å². The first-order valence-electron chi connectivity index (χ1n) is 8.22. The number of hydrogen-bond donors (Lipinski definition) is 3. The van der Waals surface area contributed by atoms with Crippen LogP contribution in [0.1, 0.15) is 43.0 Å². The summed E-state index contributed by atoms with van der Waals surface area (Å²) < 4.78 is 5.85. The molecule has 1 amide bonds. The Morgan fingerprint density at radius 2 is 2.29 bits per heavy atom. The Bertz CT molecular complexity index is 852. The average Bonchev–Trinajstić information content (AvgIpc) is 3.05. The van der Waals surface area contributed by atoms with E-state index in [2.05, 4.69) is 15.3 Å². The van der Waals surface area contributed by atoms with Crippen molar-refractivity contribution in [3.63, 3.8) is 0 Å². The molecule has 6 nitrogen and oxygen atoms in total. The number of aromatic amines is 2. The zero-order valence-electron chi connectivity index (χ0n) is 13.6. The Kier molecular flexibility index (Phi) is 5.11. The molecule has 7 heteroatoms. The highest BCUT2D eigenvalue weighted by Gasteiger charge is 2.17. The topological polar surface area (TPSA) is 87.0 Å². The summed E-state index contributed by atoms with van der Waals surface area (Å²) in [6.07, 6.45) is 4.41. The smallest absolute Gasteiger partial charge is 0.259 e. The molecule has 1 aliphatic rings. The van der Waals surface area contributed by atoms with Crippen LogP contribution in [0.5, 0.6) is 0 Å². The molecule has 1 aromatic carbocycles. The van der Waals surface area contributed by atoms with Gasteiger partial charge in [0.2, 0.25) is 0 Å². The van der Waals surface area contributed by atoms with Crippen LogP contribution in [0.15, 0.2) is 23.0 Å². The van der Waals surface area contributed by atoms with E-state index in [0.29, 0.717) is 22.6 Å². The van der Waals surface area contributed by atoms with E-state index in [1.807, 2.05) is 6.92 Å². The SMILES string of the molecule is C[C@H](CC[C@H]1CCCO1)NC(=O)c1ccc2c(=O)[nH]c(=S)[nH]c2c1. The number of rotatable bonds is 5. The van der Waals surface area contributed by atoms with Crippen molar-refractivity contribution >= 4 is 29.0 Å². The lowest BCUT2D eigenvalue weighted by Gasteiger charge is -2.16. The van der Waals surface area contributed by atoms with Gasteiger partial charge in [0.1, 0.15) is 0 Å². The molecule has 0 saturated carbocycles. The number of benzene rings is 1. The predicted octanol–water partition coefficient (Wildman–Crippen LogP) is 2.66. The van der Waals surface area contributed by atoms with E-state index in [-0.39, 0.29) is 22.3 Å². The Labute approximate surface area is 144 Å². The molecule has 128 valence electrons. The maximum Gasteiger partial charge on any atom is 0.259 e. The third-order valence-corrected chi connectivity index (χ3v) is 4.53. The summed E-state index contributed by atoms with van der Waals surface area (Å²) in [6.45, 7) is 2.84. The van der Waals surface area contributed by atoms with Crippen LogP contribution in [0.3, 0.4) is 0 Å². The summed E-state index contributed by atoms with van der Waals surface area (Å²) in [5.74, 6) is -0.156. The van der Waals surface area contributed by atoms with E-state index in [1.165, 1.54) is 0 Å². The zero-order valence-corrected chi connectivity index (χ0v) is 14.4. The molecule has 2 atom stereocenters. The van der Waals surface area contributed by atoms with Crippen molar-refractivity contribution in [3.8, 4) is 0 Å². The fourth-order valence-corrected chi connectivity index (χ4v) is 3.20. The normalized spacial score (nSPS) is 18.6. The van der Waals surface area contributed by atoms with Crippen LogP contribution in [0.4, 0.5) is 0 Å². The van der Waals surface area contributed by atoms with Crippen LogP contribution >= 0.6 is 12.2 Å². The standard InChI is InChI=1S/C17H21N3O3S/c1-10(4-6-12-3-2-8-23-12)18-15(21)11-5-7-13-14(9-11)19-17(24)20-16(13)22/h5,7,9-10,12H,2-4,6,8H2,1H3,(H,18,21)(H2,19,20,22,24)/t10-,12-/m1/s1. The molecule has 1 aliphatic heterocycles. The fourth-order valence-electron chi connectivity index (χ4n) is 3.00. The summed E-state index contributed by atoms with van der Waals surface area (Å²) in [6, 6.07) is 5.00. The van der Waals surface area contributed by atoms with E-state index < -0.39 is 0 Å². The van der Waals surface area contributed by atoms with Crippen LogP contribution in [0, 0.1) is 4.77 Å². The van der Waals surface area contributed by atoms with E-state index >= 15 is 0 Å². The van der Waals surface area contributed by atoms with Gasteiger partial charge in [-0.25, -0.2) is 0 Å². The van der Waals surface area contributed by atoms with Gasteiger partial charge in [0, 0.05) is 18.2 Å².